The lowest BCUT2D eigenvalue weighted by Gasteiger charge is -2.16. The minimum Gasteiger partial charge on any atom is -0.335 e. The molecule has 0 fully saturated rings. The van der Waals surface area contributed by atoms with E-state index >= 15 is 0 Å². The highest BCUT2D eigenvalue weighted by molar-refractivity contribution is 9.11. The minimum atomic E-state index is 0.346. The van der Waals surface area contributed by atoms with E-state index in [4.69, 9.17) is 0 Å². The molecule has 3 nitrogen and oxygen atoms in total. The second-order valence-corrected chi connectivity index (χ2v) is 6.58. The third kappa shape index (κ3) is 3.22. The van der Waals surface area contributed by atoms with Crippen molar-refractivity contribution in [1.29, 1.82) is 0 Å². The van der Waals surface area contributed by atoms with Gasteiger partial charge in [0.1, 0.15) is 5.82 Å². The SMILES string of the molecule is CCNC(Cc1nccn1CC)c1ccc(Br)s1. The van der Waals surface area contributed by atoms with Crippen molar-refractivity contribution < 1.29 is 0 Å². The van der Waals surface area contributed by atoms with Crippen molar-refractivity contribution in [3.8, 4) is 0 Å². The summed E-state index contributed by atoms with van der Waals surface area (Å²) in [5.41, 5.74) is 0. The van der Waals surface area contributed by atoms with Gasteiger partial charge in [0.15, 0.2) is 0 Å². The van der Waals surface area contributed by atoms with E-state index in [2.05, 4.69) is 56.8 Å². The Labute approximate surface area is 120 Å². The first-order chi connectivity index (χ1) is 8.74. The van der Waals surface area contributed by atoms with Gasteiger partial charge in [-0.05, 0) is 41.5 Å². The van der Waals surface area contributed by atoms with Crippen LogP contribution in [0.25, 0.3) is 0 Å². The molecule has 0 saturated carbocycles. The number of halogens is 1. The molecule has 98 valence electrons. The largest absolute Gasteiger partial charge is 0.335 e. The molecule has 0 aliphatic carbocycles. The summed E-state index contributed by atoms with van der Waals surface area (Å²) in [6, 6.07) is 4.64. The summed E-state index contributed by atoms with van der Waals surface area (Å²) < 4.78 is 3.38. The van der Waals surface area contributed by atoms with Gasteiger partial charge in [0, 0.05) is 36.3 Å². The van der Waals surface area contributed by atoms with Gasteiger partial charge < -0.3 is 9.88 Å². The average molecular weight is 328 g/mol. The Kier molecular flexibility index (Phi) is 4.97. The maximum Gasteiger partial charge on any atom is 0.110 e. The summed E-state index contributed by atoms with van der Waals surface area (Å²) in [5, 5.41) is 3.54. The highest BCUT2D eigenvalue weighted by Gasteiger charge is 2.15. The summed E-state index contributed by atoms with van der Waals surface area (Å²) in [6.45, 7) is 6.23. The molecule has 2 aromatic rings. The molecule has 0 amide bonds. The van der Waals surface area contributed by atoms with Gasteiger partial charge in [-0.2, -0.15) is 0 Å². The highest BCUT2D eigenvalue weighted by atomic mass is 79.9. The average Bonchev–Trinajstić information content (AvgIpc) is 2.97. The molecule has 2 rings (SSSR count). The fourth-order valence-electron chi connectivity index (χ4n) is 2.04. The zero-order valence-corrected chi connectivity index (χ0v) is 13.1. The van der Waals surface area contributed by atoms with Crippen LogP contribution in [0.2, 0.25) is 0 Å². The highest BCUT2D eigenvalue weighted by Crippen LogP contribution is 2.29. The smallest absolute Gasteiger partial charge is 0.110 e. The van der Waals surface area contributed by atoms with Crippen LogP contribution in [0, 0.1) is 0 Å². The van der Waals surface area contributed by atoms with Crippen molar-refractivity contribution in [2.24, 2.45) is 0 Å². The topological polar surface area (TPSA) is 29.9 Å². The number of hydrogen-bond acceptors (Lipinski definition) is 3. The van der Waals surface area contributed by atoms with E-state index in [0.29, 0.717) is 6.04 Å². The molecular weight excluding hydrogens is 310 g/mol. The van der Waals surface area contributed by atoms with Crippen LogP contribution in [0.15, 0.2) is 28.3 Å². The van der Waals surface area contributed by atoms with Gasteiger partial charge in [-0.25, -0.2) is 4.98 Å². The number of nitrogens with one attached hydrogen (secondary N) is 1. The molecule has 0 radical (unpaired) electrons. The third-order valence-corrected chi connectivity index (χ3v) is 4.65. The number of thiophene rings is 1. The normalized spacial score (nSPS) is 12.8. The van der Waals surface area contributed by atoms with Crippen LogP contribution in [-0.4, -0.2) is 16.1 Å². The predicted molar refractivity (Wildman–Crippen MR) is 80.0 cm³/mol. The van der Waals surface area contributed by atoms with E-state index in [0.717, 1.165) is 25.3 Å². The second-order valence-electron chi connectivity index (χ2n) is 4.09. The molecule has 18 heavy (non-hydrogen) atoms. The lowest BCUT2D eigenvalue weighted by Crippen LogP contribution is -2.23. The van der Waals surface area contributed by atoms with Crippen LogP contribution in [0.1, 0.15) is 30.6 Å². The first-order valence-electron chi connectivity index (χ1n) is 6.23. The van der Waals surface area contributed by atoms with Crippen molar-refractivity contribution in [2.75, 3.05) is 6.54 Å². The van der Waals surface area contributed by atoms with Crippen LogP contribution >= 0.6 is 27.3 Å². The van der Waals surface area contributed by atoms with E-state index in [1.54, 1.807) is 11.3 Å². The number of aromatic nitrogens is 2. The Morgan fingerprint density at radius 1 is 1.44 bits per heavy atom. The molecule has 5 heteroatoms. The van der Waals surface area contributed by atoms with Gasteiger partial charge in [0.05, 0.1) is 3.79 Å². The molecular formula is C13H18BrN3S. The van der Waals surface area contributed by atoms with Crippen molar-refractivity contribution in [2.45, 2.75) is 32.9 Å². The minimum absolute atomic E-state index is 0.346. The van der Waals surface area contributed by atoms with Crippen molar-refractivity contribution in [1.82, 2.24) is 14.9 Å². The number of imidazole rings is 1. The van der Waals surface area contributed by atoms with Crippen LogP contribution < -0.4 is 5.32 Å². The van der Waals surface area contributed by atoms with E-state index in [1.165, 1.54) is 8.66 Å². The Balaban J connectivity index is 2.16. The van der Waals surface area contributed by atoms with Crippen LogP contribution in [0.4, 0.5) is 0 Å². The van der Waals surface area contributed by atoms with E-state index in [9.17, 15) is 0 Å². The molecule has 1 unspecified atom stereocenters. The summed E-state index contributed by atoms with van der Waals surface area (Å²) in [5.74, 6) is 1.15. The van der Waals surface area contributed by atoms with E-state index in [-0.39, 0.29) is 0 Å². The molecule has 1 N–H and O–H groups in total. The zero-order chi connectivity index (χ0) is 13.0. The van der Waals surface area contributed by atoms with Crippen LogP contribution in [-0.2, 0) is 13.0 Å². The van der Waals surface area contributed by atoms with E-state index in [1.807, 2.05) is 12.4 Å². The predicted octanol–water partition coefficient (Wildman–Crippen LogP) is 3.62. The van der Waals surface area contributed by atoms with Gasteiger partial charge >= 0.3 is 0 Å². The molecule has 0 saturated heterocycles. The molecule has 0 aromatic carbocycles. The lowest BCUT2D eigenvalue weighted by atomic mass is 10.1. The summed E-state index contributed by atoms with van der Waals surface area (Å²) >= 11 is 5.32. The first kappa shape index (κ1) is 13.8. The Hall–Kier alpha value is -0.650. The number of rotatable bonds is 6. The lowest BCUT2D eigenvalue weighted by molar-refractivity contribution is 0.529. The van der Waals surface area contributed by atoms with Gasteiger partial charge in [-0.15, -0.1) is 11.3 Å². The maximum absolute atomic E-state index is 4.46. The van der Waals surface area contributed by atoms with Crippen molar-refractivity contribution in [3.05, 3.63) is 39.0 Å². The fourth-order valence-corrected chi connectivity index (χ4v) is 3.53. The first-order valence-corrected chi connectivity index (χ1v) is 7.84. The second kappa shape index (κ2) is 6.50. The summed E-state index contributed by atoms with van der Waals surface area (Å²) in [4.78, 5) is 5.81. The number of aryl methyl sites for hydroxylation is 1. The standard InChI is InChI=1S/C13H18BrN3S/c1-3-15-10(11-5-6-12(14)18-11)9-13-16-7-8-17(13)4-2/h5-8,10,15H,3-4,9H2,1-2H3. The molecule has 2 aromatic heterocycles. The van der Waals surface area contributed by atoms with Crippen LogP contribution in [0.3, 0.4) is 0 Å². The van der Waals surface area contributed by atoms with E-state index < -0.39 is 0 Å². The third-order valence-electron chi connectivity index (χ3n) is 2.92. The Bertz CT molecular complexity index is 492. The van der Waals surface area contributed by atoms with Crippen LogP contribution in [0.5, 0.6) is 0 Å². The molecule has 0 bridgehead atoms. The molecule has 1 atom stereocenters. The molecule has 2 heterocycles. The van der Waals surface area contributed by atoms with Gasteiger partial charge in [0.25, 0.3) is 0 Å². The Morgan fingerprint density at radius 2 is 2.28 bits per heavy atom. The monoisotopic (exact) mass is 327 g/mol. The molecule has 0 aliphatic heterocycles. The molecule has 0 spiro atoms. The fraction of sp³-hybridized carbons (Fsp3) is 0.462. The van der Waals surface area contributed by atoms with Crippen molar-refractivity contribution in [3.63, 3.8) is 0 Å². The summed E-state index contributed by atoms with van der Waals surface area (Å²) in [7, 11) is 0. The van der Waals surface area contributed by atoms with Crippen molar-refractivity contribution >= 4 is 27.3 Å². The number of nitrogens with zero attached hydrogens (tertiary/aromatic N) is 2. The quantitative estimate of drug-likeness (QED) is 0.878. The maximum atomic E-state index is 4.46. The van der Waals surface area contributed by atoms with Gasteiger partial charge in [0.2, 0.25) is 0 Å². The van der Waals surface area contributed by atoms with Gasteiger partial charge in [-0.3, -0.25) is 0 Å². The summed E-state index contributed by atoms with van der Waals surface area (Å²) in [6.07, 6.45) is 4.86. The molecule has 0 aliphatic rings. The van der Waals surface area contributed by atoms with Gasteiger partial charge in [-0.1, -0.05) is 6.92 Å². The number of hydrogen-bond donors (Lipinski definition) is 1. The number of likely N-dealkylation sites (N-methyl/N-ethyl adjacent to an activating group) is 1. The zero-order valence-electron chi connectivity index (χ0n) is 10.7. The Morgan fingerprint density at radius 3 is 2.89 bits per heavy atom.